The molecule has 2 aliphatic rings. The molecule has 0 spiro atoms. The molecule has 53 heavy (non-hydrogen) atoms. The van der Waals surface area contributed by atoms with Crippen molar-refractivity contribution in [2.75, 3.05) is 34.0 Å². The van der Waals surface area contributed by atoms with Crippen LogP contribution in [-0.4, -0.2) is 83.2 Å². The highest BCUT2D eigenvalue weighted by Gasteiger charge is 2.53. The first kappa shape index (κ1) is 38.8. The van der Waals surface area contributed by atoms with Crippen molar-refractivity contribution >= 4 is 0 Å². The lowest BCUT2D eigenvalue weighted by Crippen LogP contribution is -2.45. The van der Waals surface area contributed by atoms with E-state index in [4.69, 9.17) is 47.4 Å². The van der Waals surface area contributed by atoms with E-state index in [2.05, 4.69) is 6.58 Å². The van der Waals surface area contributed by atoms with Crippen LogP contribution in [0.15, 0.2) is 128 Å². The van der Waals surface area contributed by atoms with Crippen molar-refractivity contribution in [3.8, 4) is 5.75 Å². The van der Waals surface area contributed by atoms with Gasteiger partial charge in [-0.3, -0.25) is 0 Å². The zero-order valence-electron chi connectivity index (χ0n) is 30.4. The van der Waals surface area contributed by atoms with Gasteiger partial charge in [0, 0.05) is 7.11 Å². The topological polar surface area (TPSA) is 92.3 Å². The van der Waals surface area contributed by atoms with Gasteiger partial charge in [0.2, 0.25) is 0 Å². The van der Waals surface area contributed by atoms with Gasteiger partial charge in [-0.05, 0) is 34.4 Å². The largest absolute Gasteiger partial charge is 0.497 e. The summed E-state index contributed by atoms with van der Waals surface area (Å²) in [6.07, 6.45) is -3.38. The monoisotopic (exact) mass is 726 g/mol. The molecule has 0 aliphatic carbocycles. The molecule has 0 aromatic heterocycles. The van der Waals surface area contributed by atoms with Crippen molar-refractivity contribution in [3.05, 3.63) is 150 Å². The molecule has 8 atom stereocenters. The maximum Gasteiger partial charge on any atom is 0.187 e. The van der Waals surface area contributed by atoms with Gasteiger partial charge in [0.05, 0.1) is 53.4 Å². The highest BCUT2D eigenvalue weighted by Crippen LogP contribution is 2.35. The maximum absolute atomic E-state index is 6.87. The Labute approximate surface area is 312 Å². The Hall–Kier alpha value is -3.94. The summed E-state index contributed by atoms with van der Waals surface area (Å²) in [7, 11) is 3.23. The zero-order valence-corrected chi connectivity index (χ0v) is 30.4. The molecule has 4 aromatic carbocycles. The second kappa shape index (κ2) is 20.5. The van der Waals surface area contributed by atoms with E-state index in [1.165, 1.54) is 0 Å². The predicted molar refractivity (Wildman–Crippen MR) is 198 cm³/mol. The lowest BCUT2D eigenvalue weighted by atomic mass is 10.1. The molecule has 0 radical (unpaired) electrons. The quantitative estimate of drug-likeness (QED) is 0.0687. The Balaban J connectivity index is 1.23. The third-order valence-corrected chi connectivity index (χ3v) is 9.14. The molecule has 10 heteroatoms. The summed E-state index contributed by atoms with van der Waals surface area (Å²) in [5.41, 5.74) is 4.06. The fraction of sp³-hybridized carbons (Fsp3) is 0.395. The standard InChI is InChI=1S/C43H50O10/c1-4-24-46-29-36-38(48-26-31-14-8-5-9-15-31)40(50-28-33-18-12-7-13-19-33)43(52-36)53-41-39(49-27-32-16-10-6-11-17-32)37(51-42(41)45-3)30-47-25-34-20-22-35(44-2)23-21-34/h4-23,36-43H,1,24-30H2,2-3H3/t36-,37-,38-,39-,40+,41+,42+,43+/m1/s1. The van der Waals surface area contributed by atoms with Crippen LogP contribution in [0.2, 0.25) is 0 Å². The molecule has 4 aromatic rings. The van der Waals surface area contributed by atoms with Gasteiger partial charge in [-0.25, -0.2) is 0 Å². The average molecular weight is 727 g/mol. The summed E-state index contributed by atoms with van der Waals surface area (Å²) < 4.78 is 63.0. The van der Waals surface area contributed by atoms with Crippen LogP contribution >= 0.6 is 0 Å². The van der Waals surface area contributed by atoms with Crippen LogP contribution in [0.5, 0.6) is 5.75 Å². The van der Waals surface area contributed by atoms with E-state index in [-0.39, 0.29) is 13.2 Å². The lowest BCUT2D eigenvalue weighted by molar-refractivity contribution is -0.251. The summed E-state index contributed by atoms with van der Waals surface area (Å²) in [6.45, 7) is 6.05. The highest BCUT2D eigenvalue weighted by molar-refractivity contribution is 5.26. The summed E-state index contributed by atoms with van der Waals surface area (Å²) in [6, 6.07) is 37.7. The Bertz CT molecular complexity index is 1610. The molecule has 6 rings (SSSR count). The Morgan fingerprint density at radius 2 is 1.00 bits per heavy atom. The van der Waals surface area contributed by atoms with E-state index in [1.54, 1.807) is 20.3 Å². The SMILES string of the molecule is C=CCOC[C@H]1O[C@@H](O[C@@H]2[C@@H](OC)O[C@H](COCc3ccc(OC)cc3)[C@H]2OCc2ccccc2)[C@@H](OCc2ccccc2)[C@@H]1OCc1ccccc1. The first-order valence-electron chi connectivity index (χ1n) is 18.0. The third-order valence-electron chi connectivity index (χ3n) is 9.14. The van der Waals surface area contributed by atoms with E-state index in [1.807, 2.05) is 115 Å². The van der Waals surface area contributed by atoms with Gasteiger partial charge in [-0.1, -0.05) is 109 Å². The molecule has 2 fully saturated rings. The molecule has 0 unspecified atom stereocenters. The van der Waals surface area contributed by atoms with Gasteiger partial charge < -0.3 is 47.4 Å². The average Bonchev–Trinajstić information content (AvgIpc) is 3.72. The van der Waals surface area contributed by atoms with Crippen molar-refractivity contribution in [1.29, 1.82) is 0 Å². The summed E-state index contributed by atoms with van der Waals surface area (Å²) >= 11 is 0. The smallest absolute Gasteiger partial charge is 0.187 e. The molecule has 2 heterocycles. The molecule has 2 aliphatic heterocycles. The molecular weight excluding hydrogens is 676 g/mol. The van der Waals surface area contributed by atoms with Gasteiger partial charge >= 0.3 is 0 Å². The third kappa shape index (κ3) is 11.0. The molecule has 282 valence electrons. The molecule has 0 bridgehead atoms. The minimum Gasteiger partial charge on any atom is -0.497 e. The Kier molecular flexibility index (Phi) is 15.0. The number of methoxy groups -OCH3 is 2. The van der Waals surface area contributed by atoms with Crippen LogP contribution in [0.3, 0.4) is 0 Å². The van der Waals surface area contributed by atoms with Crippen LogP contribution in [0.4, 0.5) is 0 Å². The van der Waals surface area contributed by atoms with Gasteiger partial charge in [-0.2, -0.15) is 0 Å². The van der Waals surface area contributed by atoms with Crippen molar-refractivity contribution in [1.82, 2.24) is 0 Å². The summed E-state index contributed by atoms with van der Waals surface area (Å²) in [4.78, 5) is 0. The number of benzene rings is 4. The Morgan fingerprint density at radius 1 is 0.528 bits per heavy atom. The van der Waals surface area contributed by atoms with E-state index in [0.29, 0.717) is 33.0 Å². The lowest BCUT2D eigenvalue weighted by Gasteiger charge is -2.30. The van der Waals surface area contributed by atoms with Gasteiger partial charge in [0.15, 0.2) is 12.6 Å². The zero-order chi connectivity index (χ0) is 36.7. The molecule has 10 nitrogen and oxygen atoms in total. The fourth-order valence-corrected chi connectivity index (χ4v) is 6.41. The van der Waals surface area contributed by atoms with Crippen LogP contribution in [-0.2, 0) is 69.1 Å². The predicted octanol–water partition coefficient (Wildman–Crippen LogP) is 6.65. The molecular formula is C43H50O10. The first-order valence-corrected chi connectivity index (χ1v) is 18.0. The van der Waals surface area contributed by atoms with Crippen molar-refractivity contribution < 1.29 is 47.4 Å². The van der Waals surface area contributed by atoms with Crippen LogP contribution in [0.25, 0.3) is 0 Å². The summed E-state index contributed by atoms with van der Waals surface area (Å²) in [5, 5.41) is 0. The molecule has 0 saturated carbocycles. The second-order valence-corrected chi connectivity index (χ2v) is 12.9. The fourth-order valence-electron chi connectivity index (χ4n) is 6.41. The van der Waals surface area contributed by atoms with Crippen molar-refractivity contribution in [2.45, 2.75) is 75.6 Å². The van der Waals surface area contributed by atoms with Crippen molar-refractivity contribution in [3.63, 3.8) is 0 Å². The normalized spacial score (nSPS) is 25.4. The number of ether oxygens (including phenoxy) is 10. The van der Waals surface area contributed by atoms with E-state index in [0.717, 1.165) is 28.0 Å². The molecule has 2 saturated heterocycles. The van der Waals surface area contributed by atoms with Crippen LogP contribution in [0.1, 0.15) is 22.3 Å². The Morgan fingerprint density at radius 3 is 1.51 bits per heavy atom. The van der Waals surface area contributed by atoms with E-state index in [9.17, 15) is 0 Å². The van der Waals surface area contributed by atoms with Gasteiger partial charge in [0.1, 0.15) is 42.4 Å². The highest BCUT2D eigenvalue weighted by atomic mass is 16.8. The van der Waals surface area contributed by atoms with Gasteiger partial charge in [0.25, 0.3) is 0 Å². The minimum absolute atomic E-state index is 0.242. The molecule has 0 N–H and O–H groups in total. The van der Waals surface area contributed by atoms with Crippen LogP contribution < -0.4 is 4.74 Å². The summed E-state index contributed by atoms with van der Waals surface area (Å²) in [5.74, 6) is 0.785. The van der Waals surface area contributed by atoms with Crippen LogP contribution in [0, 0.1) is 0 Å². The number of hydrogen-bond acceptors (Lipinski definition) is 10. The minimum atomic E-state index is -0.871. The van der Waals surface area contributed by atoms with Crippen molar-refractivity contribution in [2.24, 2.45) is 0 Å². The number of hydrogen-bond donors (Lipinski definition) is 0. The maximum atomic E-state index is 6.87. The first-order chi connectivity index (χ1) is 26.1. The van der Waals surface area contributed by atoms with E-state index >= 15 is 0 Å². The van der Waals surface area contributed by atoms with Gasteiger partial charge in [-0.15, -0.1) is 6.58 Å². The molecule has 0 amide bonds. The van der Waals surface area contributed by atoms with E-state index < -0.39 is 49.2 Å². The number of rotatable bonds is 21. The second-order valence-electron chi connectivity index (χ2n) is 12.9.